The minimum atomic E-state index is 0.609. The second kappa shape index (κ2) is 8.68. The van der Waals surface area contributed by atoms with Crippen molar-refractivity contribution < 1.29 is 4.79 Å². The number of benzene rings is 1. The van der Waals surface area contributed by atoms with Gasteiger partial charge in [-0.05, 0) is 49.9 Å². The van der Waals surface area contributed by atoms with Gasteiger partial charge in [-0.3, -0.25) is 4.79 Å². The molecule has 1 aromatic heterocycles. The standard InChI is InChI=1S/C22H30N6O/c1-17-7-9-27(10-8-17)20-5-3-19(4-6-20)24-22-23-18(2)15-21(25-22)28-13-11-26(16-29)12-14-28/h3-6,15-17H,7-14H2,1-2H3,(H,23,24,25). The van der Waals surface area contributed by atoms with Crippen LogP contribution < -0.4 is 15.1 Å². The van der Waals surface area contributed by atoms with E-state index in [-0.39, 0.29) is 0 Å². The van der Waals surface area contributed by atoms with Crippen molar-refractivity contribution in [3.05, 3.63) is 36.0 Å². The smallest absolute Gasteiger partial charge is 0.229 e. The lowest BCUT2D eigenvalue weighted by molar-refractivity contribution is -0.118. The van der Waals surface area contributed by atoms with Gasteiger partial charge in [-0.2, -0.15) is 4.98 Å². The van der Waals surface area contributed by atoms with Crippen LogP contribution in [0.25, 0.3) is 0 Å². The Hall–Kier alpha value is -2.83. The second-order valence-corrected chi connectivity index (χ2v) is 8.16. The number of aryl methyl sites for hydroxylation is 1. The van der Waals surface area contributed by atoms with Crippen molar-refractivity contribution in [3.8, 4) is 0 Å². The molecule has 2 fully saturated rings. The van der Waals surface area contributed by atoms with Gasteiger partial charge >= 0.3 is 0 Å². The van der Waals surface area contributed by atoms with Crippen molar-refractivity contribution in [2.24, 2.45) is 5.92 Å². The van der Waals surface area contributed by atoms with Crippen molar-refractivity contribution in [2.45, 2.75) is 26.7 Å². The number of hydrogen-bond acceptors (Lipinski definition) is 6. The van der Waals surface area contributed by atoms with Crippen LogP contribution in [0.4, 0.5) is 23.1 Å². The molecule has 0 spiro atoms. The molecule has 4 rings (SSSR count). The fourth-order valence-electron chi connectivity index (χ4n) is 3.98. The number of aromatic nitrogens is 2. The highest BCUT2D eigenvalue weighted by molar-refractivity contribution is 5.60. The first-order chi connectivity index (χ1) is 14.1. The van der Waals surface area contributed by atoms with Crippen LogP contribution in [-0.4, -0.2) is 60.5 Å². The van der Waals surface area contributed by atoms with E-state index in [0.29, 0.717) is 5.95 Å². The Morgan fingerprint density at radius 2 is 1.66 bits per heavy atom. The Balaban J connectivity index is 1.42. The van der Waals surface area contributed by atoms with Crippen LogP contribution in [0.1, 0.15) is 25.5 Å². The quantitative estimate of drug-likeness (QED) is 0.787. The summed E-state index contributed by atoms with van der Waals surface area (Å²) >= 11 is 0. The number of rotatable bonds is 5. The fraction of sp³-hybridized carbons (Fsp3) is 0.500. The van der Waals surface area contributed by atoms with Crippen LogP contribution in [0.2, 0.25) is 0 Å². The molecule has 0 saturated carbocycles. The van der Waals surface area contributed by atoms with Crippen molar-refractivity contribution in [1.82, 2.24) is 14.9 Å². The molecule has 0 radical (unpaired) electrons. The van der Waals surface area contributed by atoms with Gasteiger partial charge in [0.05, 0.1) is 0 Å². The summed E-state index contributed by atoms with van der Waals surface area (Å²) in [6, 6.07) is 10.5. The Bertz CT molecular complexity index is 824. The normalized spacial score (nSPS) is 18.1. The highest BCUT2D eigenvalue weighted by Crippen LogP contribution is 2.25. The van der Waals surface area contributed by atoms with E-state index in [9.17, 15) is 4.79 Å². The lowest BCUT2D eigenvalue weighted by Crippen LogP contribution is -2.46. The fourth-order valence-corrected chi connectivity index (χ4v) is 3.98. The van der Waals surface area contributed by atoms with E-state index in [4.69, 9.17) is 4.98 Å². The Labute approximate surface area is 172 Å². The molecule has 7 nitrogen and oxygen atoms in total. The highest BCUT2D eigenvalue weighted by Gasteiger charge is 2.18. The molecular formula is C22H30N6O. The molecule has 2 aliphatic rings. The lowest BCUT2D eigenvalue weighted by Gasteiger charge is -2.33. The Morgan fingerprint density at radius 1 is 0.966 bits per heavy atom. The number of nitrogens with one attached hydrogen (secondary N) is 1. The largest absolute Gasteiger partial charge is 0.372 e. The molecule has 2 aromatic rings. The summed E-state index contributed by atoms with van der Waals surface area (Å²) in [5.74, 6) is 2.35. The van der Waals surface area contributed by atoms with E-state index in [1.54, 1.807) is 4.90 Å². The number of hydrogen-bond donors (Lipinski definition) is 1. The van der Waals surface area contributed by atoms with E-state index < -0.39 is 0 Å². The SMILES string of the molecule is Cc1cc(N2CCN(C=O)CC2)nc(Nc2ccc(N3CCC(C)CC3)cc2)n1. The molecule has 7 heteroatoms. The topological polar surface area (TPSA) is 64.6 Å². The van der Waals surface area contributed by atoms with Gasteiger partial charge in [-0.1, -0.05) is 6.92 Å². The van der Waals surface area contributed by atoms with Crippen LogP contribution in [0.15, 0.2) is 30.3 Å². The second-order valence-electron chi connectivity index (χ2n) is 8.16. The van der Waals surface area contributed by atoms with Crippen LogP contribution >= 0.6 is 0 Å². The van der Waals surface area contributed by atoms with Crippen molar-refractivity contribution in [2.75, 3.05) is 54.4 Å². The van der Waals surface area contributed by atoms with E-state index in [1.807, 2.05) is 13.0 Å². The summed E-state index contributed by atoms with van der Waals surface area (Å²) in [6.45, 7) is 9.63. The van der Waals surface area contributed by atoms with Gasteiger partial charge in [0.2, 0.25) is 12.4 Å². The predicted molar refractivity (Wildman–Crippen MR) is 117 cm³/mol. The van der Waals surface area contributed by atoms with E-state index in [2.05, 4.69) is 51.3 Å². The third-order valence-corrected chi connectivity index (χ3v) is 5.90. The van der Waals surface area contributed by atoms with Crippen LogP contribution in [0.5, 0.6) is 0 Å². The van der Waals surface area contributed by atoms with Crippen LogP contribution in [0.3, 0.4) is 0 Å². The van der Waals surface area contributed by atoms with Gasteiger partial charge in [0, 0.05) is 62.4 Å². The van der Waals surface area contributed by atoms with Gasteiger partial charge in [0.1, 0.15) is 5.82 Å². The predicted octanol–water partition coefficient (Wildman–Crippen LogP) is 3.04. The first-order valence-electron chi connectivity index (χ1n) is 10.5. The number of anilines is 4. The third kappa shape index (κ3) is 4.78. The summed E-state index contributed by atoms with van der Waals surface area (Å²) < 4.78 is 0. The van der Waals surface area contributed by atoms with Gasteiger partial charge in [-0.15, -0.1) is 0 Å². The minimum absolute atomic E-state index is 0.609. The summed E-state index contributed by atoms with van der Waals surface area (Å²) in [5.41, 5.74) is 3.19. The van der Waals surface area contributed by atoms with E-state index in [1.165, 1.54) is 18.5 Å². The molecule has 0 atom stereocenters. The molecule has 1 amide bonds. The molecule has 2 saturated heterocycles. The molecule has 2 aliphatic heterocycles. The minimum Gasteiger partial charge on any atom is -0.372 e. The number of carbonyl (C=O) groups excluding carboxylic acids is 1. The number of carbonyl (C=O) groups is 1. The highest BCUT2D eigenvalue weighted by atomic mass is 16.1. The number of piperazine rings is 1. The lowest BCUT2D eigenvalue weighted by atomic mass is 9.99. The van der Waals surface area contributed by atoms with Gasteiger partial charge in [-0.25, -0.2) is 4.98 Å². The first kappa shape index (κ1) is 19.5. The van der Waals surface area contributed by atoms with Crippen LogP contribution in [0, 0.1) is 12.8 Å². The molecule has 1 aromatic carbocycles. The zero-order valence-electron chi connectivity index (χ0n) is 17.3. The zero-order chi connectivity index (χ0) is 20.2. The molecule has 0 aliphatic carbocycles. The molecule has 1 N–H and O–H groups in total. The maximum Gasteiger partial charge on any atom is 0.229 e. The van der Waals surface area contributed by atoms with Crippen molar-refractivity contribution in [1.29, 1.82) is 0 Å². The Kier molecular flexibility index (Phi) is 5.83. The Morgan fingerprint density at radius 3 is 2.31 bits per heavy atom. The molecule has 154 valence electrons. The number of piperidine rings is 1. The van der Waals surface area contributed by atoms with Crippen LogP contribution in [-0.2, 0) is 4.79 Å². The summed E-state index contributed by atoms with van der Waals surface area (Å²) in [5, 5.41) is 3.35. The molecule has 0 bridgehead atoms. The first-order valence-corrected chi connectivity index (χ1v) is 10.5. The number of amides is 1. The summed E-state index contributed by atoms with van der Waals surface area (Å²) in [7, 11) is 0. The third-order valence-electron chi connectivity index (χ3n) is 5.90. The van der Waals surface area contributed by atoms with Gasteiger partial charge in [0.15, 0.2) is 0 Å². The van der Waals surface area contributed by atoms with Crippen molar-refractivity contribution >= 4 is 29.6 Å². The van der Waals surface area contributed by atoms with E-state index >= 15 is 0 Å². The molecule has 3 heterocycles. The zero-order valence-corrected chi connectivity index (χ0v) is 17.3. The van der Waals surface area contributed by atoms with Gasteiger partial charge < -0.3 is 20.0 Å². The summed E-state index contributed by atoms with van der Waals surface area (Å²) in [4.78, 5) is 26.7. The average molecular weight is 395 g/mol. The summed E-state index contributed by atoms with van der Waals surface area (Å²) in [6.07, 6.45) is 3.45. The van der Waals surface area contributed by atoms with E-state index in [0.717, 1.165) is 68.8 Å². The molecule has 0 unspecified atom stereocenters. The molecular weight excluding hydrogens is 364 g/mol. The molecule has 29 heavy (non-hydrogen) atoms. The monoisotopic (exact) mass is 394 g/mol. The van der Waals surface area contributed by atoms with Crippen molar-refractivity contribution in [3.63, 3.8) is 0 Å². The van der Waals surface area contributed by atoms with Gasteiger partial charge in [0.25, 0.3) is 0 Å². The maximum absolute atomic E-state index is 10.9. The average Bonchev–Trinajstić information content (AvgIpc) is 2.75. The maximum atomic E-state index is 10.9. The number of nitrogens with zero attached hydrogens (tertiary/aromatic N) is 5.